The Bertz CT molecular complexity index is 707. The van der Waals surface area contributed by atoms with Gasteiger partial charge in [-0.15, -0.1) is 0 Å². The zero-order valence-electron chi connectivity index (χ0n) is 12.1. The number of carbonyl (C=O) groups excluding carboxylic acids is 1. The minimum absolute atomic E-state index is 0.276. The summed E-state index contributed by atoms with van der Waals surface area (Å²) >= 11 is 1.58. The van der Waals surface area contributed by atoms with Gasteiger partial charge in [-0.3, -0.25) is 4.79 Å². The Kier molecular flexibility index (Phi) is 3.07. The Balaban J connectivity index is 1.79. The molecule has 1 aliphatic carbocycles. The molecule has 4 rings (SSSR count). The molecule has 0 saturated heterocycles. The number of thiazole rings is 1. The number of nitrogens with zero attached hydrogens (tertiary/aromatic N) is 2. The molecule has 1 aliphatic heterocycles. The van der Waals surface area contributed by atoms with E-state index >= 15 is 0 Å². The molecule has 1 aromatic carbocycles. The van der Waals surface area contributed by atoms with Gasteiger partial charge in [0.05, 0.1) is 10.6 Å². The third kappa shape index (κ3) is 2.18. The number of fused-ring (bicyclic) bond motifs is 2. The second kappa shape index (κ2) is 4.95. The zero-order chi connectivity index (χ0) is 14.4. The lowest BCUT2D eigenvalue weighted by Gasteiger charge is -2.32. The number of para-hydroxylation sites is 1. The van der Waals surface area contributed by atoms with E-state index in [0.717, 1.165) is 41.5 Å². The van der Waals surface area contributed by atoms with Crippen molar-refractivity contribution in [3.63, 3.8) is 0 Å². The van der Waals surface area contributed by atoms with Gasteiger partial charge in [-0.2, -0.15) is 0 Å². The normalized spacial score (nSPS) is 21.1. The molecule has 1 unspecified atom stereocenters. The molecule has 1 atom stereocenters. The van der Waals surface area contributed by atoms with Crippen molar-refractivity contribution in [2.75, 3.05) is 11.4 Å². The van der Waals surface area contributed by atoms with E-state index in [0.29, 0.717) is 12.3 Å². The van der Waals surface area contributed by atoms with Crippen LogP contribution in [0.4, 0.5) is 10.8 Å². The molecule has 0 spiro atoms. The van der Waals surface area contributed by atoms with Crippen molar-refractivity contribution in [2.45, 2.75) is 32.6 Å². The topological polar surface area (TPSA) is 33.2 Å². The number of ketones is 1. The molecule has 0 fully saturated rings. The summed E-state index contributed by atoms with van der Waals surface area (Å²) in [5.74, 6) is 0.884. The fourth-order valence-electron chi connectivity index (χ4n) is 3.35. The maximum Gasteiger partial charge on any atom is 0.190 e. The Morgan fingerprint density at radius 1 is 1.29 bits per heavy atom. The van der Waals surface area contributed by atoms with Crippen LogP contribution < -0.4 is 4.90 Å². The Hall–Kier alpha value is -1.68. The summed E-state index contributed by atoms with van der Waals surface area (Å²) in [6.07, 6.45) is 3.70. The van der Waals surface area contributed by atoms with E-state index in [9.17, 15) is 4.79 Å². The molecule has 0 N–H and O–H groups in total. The molecule has 0 bridgehead atoms. The largest absolute Gasteiger partial charge is 0.317 e. The lowest BCUT2D eigenvalue weighted by molar-refractivity contribution is 0.0976. The summed E-state index contributed by atoms with van der Waals surface area (Å²) in [5, 5.41) is 0.995. The van der Waals surface area contributed by atoms with Gasteiger partial charge in [-0.1, -0.05) is 36.5 Å². The van der Waals surface area contributed by atoms with Crippen LogP contribution in [0.25, 0.3) is 0 Å². The minimum Gasteiger partial charge on any atom is -0.317 e. The van der Waals surface area contributed by atoms with Crippen LogP contribution in [-0.4, -0.2) is 17.3 Å². The van der Waals surface area contributed by atoms with Gasteiger partial charge in [0, 0.05) is 18.7 Å². The van der Waals surface area contributed by atoms with E-state index in [-0.39, 0.29) is 5.78 Å². The second-order valence-corrected chi connectivity index (χ2v) is 7.08. The van der Waals surface area contributed by atoms with Crippen LogP contribution >= 0.6 is 11.3 Å². The summed E-state index contributed by atoms with van der Waals surface area (Å²) < 4.78 is 0. The van der Waals surface area contributed by atoms with Gasteiger partial charge in [0.1, 0.15) is 0 Å². The van der Waals surface area contributed by atoms with Crippen LogP contribution in [-0.2, 0) is 12.8 Å². The van der Waals surface area contributed by atoms with Crippen LogP contribution in [0, 0.1) is 5.92 Å². The van der Waals surface area contributed by atoms with E-state index in [2.05, 4.69) is 36.1 Å². The number of aryl methyl sites for hydroxylation is 1. The maximum atomic E-state index is 12.0. The molecule has 2 aromatic rings. The molecular formula is C17H18N2OS. The monoisotopic (exact) mass is 298 g/mol. The maximum absolute atomic E-state index is 12.0. The third-order valence-electron chi connectivity index (χ3n) is 4.33. The van der Waals surface area contributed by atoms with Gasteiger partial charge >= 0.3 is 0 Å². The SMILES string of the molecule is CC1Cc2ccccc2N(c2nc3c(s2)C(=O)CCC3)C1. The fraction of sp³-hybridized carbons (Fsp3) is 0.412. The molecule has 4 heteroatoms. The Morgan fingerprint density at radius 2 is 2.14 bits per heavy atom. The first-order valence-electron chi connectivity index (χ1n) is 7.60. The average Bonchev–Trinajstić information content (AvgIpc) is 2.92. The molecule has 2 heterocycles. The lowest BCUT2D eigenvalue weighted by Crippen LogP contribution is -2.30. The Morgan fingerprint density at radius 3 is 3.00 bits per heavy atom. The number of hydrogen-bond donors (Lipinski definition) is 0. The number of Topliss-reactive ketones (excluding diaryl/α,β-unsaturated/α-hetero) is 1. The number of aromatic nitrogens is 1. The highest BCUT2D eigenvalue weighted by Gasteiger charge is 2.28. The smallest absolute Gasteiger partial charge is 0.190 e. The fourth-order valence-corrected chi connectivity index (χ4v) is 4.45. The molecule has 108 valence electrons. The van der Waals surface area contributed by atoms with Crippen molar-refractivity contribution in [1.29, 1.82) is 0 Å². The number of rotatable bonds is 1. The highest BCUT2D eigenvalue weighted by Crippen LogP contribution is 2.39. The number of benzene rings is 1. The molecule has 1 aromatic heterocycles. The molecule has 21 heavy (non-hydrogen) atoms. The van der Waals surface area contributed by atoms with Gasteiger partial charge in [-0.25, -0.2) is 4.98 Å². The number of carbonyl (C=O) groups is 1. The summed E-state index contributed by atoms with van der Waals surface area (Å²) in [5.41, 5.74) is 3.66. The summed E-state index contributed by atoms with van der Waals surface area (Å²) in [6.45, 7) is 3.26. The van der Waals surface area contributed by atoms with Crippen molar-refractivity contribution in [2.24, 2.45) is 5.92 Å². The third-order valence-corrected chi connectivity index (χ3v) is 5.49. The van der Waals surface area contributed by atoms with Crippen molar-refractivity contribution in [3.05, 3.63) is 40.4 Å². The van der Waals surface area contributed by atoms with E-state index in [1.165, 1.54) is 11.3 Å². The van der Waals surface area contributed by atoms with Crippen molar-refractivity contribution in [1.82, 2.24) is 4.98 Å². The van der Waals surface area contributed by atoms with E-state index < -0.39 is 0 Å². The van der Waals surface area contributed by atoms with Gasteiger partial charge in [0.2, 0.25) is 0 Å². The summed E-state index contributed by atoms with van der Waals surface area (Å²) in [6, 6.07) is 8.56. The molecule has 2 aliphatic rings. The molecule has 0 amide bonds. The van der Waals surface area contributed by atoms with Gasteiger partial charge < -0.3 is 4.90 Å². The van der Waals surface area contributed by atoms with E-state index in [1.807, 2.05) is 0 Å². The first kappa shape index (κ1) is 13.0. The van der Waals surface area contributed by atoms with Crippen molar-refractivity contribution >= 4 is 27.9 Å². The standard InChI is InChI=1S/C17H18N2OS/c1-11-9-12-5-2-3-7-14(12)19(10-11)17-18-13-6-4-8-15(20)16(13)21-17/h2-3,5,7,11H,4,6,8-10H2,1H3. The first-order chi connectivity index (χ1) is 10.2. The van der Waals surface area contributed by atoms with Gasteiger partial charge in [-0.05, 0) is 36.8 Å². The summed E-state index contributed by atoms with van der Waals surface area (Å²) in [4.78, 5) is 20.0. The highest BCUT2D eigenvalue weighted by molar-refractivity contribution is 7.17. The van der Waals surface area contributed by atoms with Gasteiger partial charge in [0.25, 0.3) is 0 Å². The second-order valence-electron chi connectivity index (χ2n) is 6.10. The average molecular weight is 298 g/mol. The number of anilines is 2. The van der Waals surface area contributed by atoms with Crippen LogP contribution in [0.3, 0.4) is 0 Å². The minimum atomic E-state index is 0.276. The molecular weight excluding hydrogens is 280 g/mol. The number of hydrogen-bond acceptors (Lipinski definition) is 4. The van der Waals surface area contributed by atoms with E-state index in [1.54, 1.807) is 11.3 Å². The summed E-state index contributed by atoms with van der Waals surface area (Å²) in [7, 11) is 0. The molecule has 0 radical (unpaired) electrons. The quantitative estimate of drug-likeness (QED) is 0.798. The van der Waals surface area contributed by atoms with Gasteiger partial charge in [0.15, 0.2) is 10.9 Å². The van der Waals surface area contributed by atoms with Crippen LogP contribution in [0.5, 0.6) is 0 Å². The molecule has 3 nitrogen and oxygen atoms in total. The predicted octanol–water partition coefficient (Wildman–Crippen LogP) is 3.99. The lowest BCUT2D eigenvalue weighted by atomic mass is 9.94. The predicted molar refractivity (Wildman–Crippen MR) is 85.7 cm³/mol. The van der Waals surface area contributed by atoms with Crippen LogP contribution in [0.2, 0.25) is 0 Å². The highest BCUT2D eigenvalue weighted by atomic mass is 32.1. The Labute approximate surface area is 128 Å². The van der Waals surface area contributed by atoms with Crippen LogP contribution in [0.15, 0.2) is 24.3 Å². The van der Waals surface area contributed by atoms with E-state index in [4.69, 9.17) is 4.98 Å². The van der Waals surface area contributed by atoms with Crippen molar-refractivity contribution < 1.29 is 4.79 Å². The van der Waals surface area contributed by atoms with Crippen molar-refractivity contribution in [3.8, 4) is 0 Å². The molecule has 0 saturated carbocycles. The first-order valence-corrected chi connectivity index (χ1v) is 8.42. The zero-order valence-corrected chi connectivity index (χ0v) is 12.9. The van der Waals surface area contributed by atoms with Crippen LogP contribution in [0.1, 0.15) is 40.7 Å².